The summed E-state index contributed by atoms with van der Waals surface area (Å²) in [7, 11) is -0.746. The van der Waals surface area contributed by atoms with E-state index in [1.165, 1.54) is 4.90 Å². The Bertz CT molecular complexity index is 536. The first kappa shape index (κ1) is 24.4. The minimum atomic E-state index is -4.11. The maximum absolute atomic E-state index is 12.5. The molecule has 0 bridgehead atoms. The smallest absolute Gasteiger partial charge is 0.357 e. The van der Waals surface area contributed by atoms with Gasteiger partial charge in [0.25, 0.3) is 0 Å². The maximum atomic E-state index is 12.5. The SMILES string of the molecule is CCNC(=NCCC1CCN(CC(F)(F)F)CC1)NC1CCCC(S(=O)CC)C1. The molecule has 9 heteroatoms. The molecule has 29 heavy (non-hydrogen) atoms. The summed E-state index contributed by atoms with van der Waals surface area (Å²) in [6.45, 7) is 5.71. The highest BCUT2D eigenvalue weighted by atomic mass is 32.2. The molecule has 1 aliphatic carbocycles. The van der Waals surface area contributed by atoms with Crippen molar-refractivity contribution in [3.8, 4) is 0 Å². The molecule has 5 nitrogen and oxygen atoms in total. The van der Waals surface area contributed by atoms with Crippen molar-refractivity contribution in [2.45, 2.75) is 76.3 Å². The topological polar surface area (TPSA) is 56.7 Å². The highest BCUT2D eigenvalue weighted by Gasteiger charge is 2.32. The van der Waals surface area contributed by atoms with Crippen molar-refractivity contribution in [1.82, 2.24) is 15.5 Å². The Balaban J connectivity index is 1.75. The van der Waals surface area contributed by atoms with Crippen LogP contribution in [0, 0.1) is 5.92 Å². The first-order valence-corrected chi connectivity index (χ1v) is 12.4. The molecule has 1 saturated heterocycles. The molecule has 3 unspecified atom stereocenters. The summed E-state index contributed by atoms with van der Waals surface area (Å²) in [4.78, 5) is 6.20. The van der Waals surface area contributed by atoms with E-state index in [1.807, 2.05) is 13.8 Å². The molecule has 1 aliphatic heterocycles. The predicted octanol–water partition coefficient (Wildman–Crippen LogP) is 3.29. The number of guanidine groups is 1. The van der Waals surface area contributed by atoms with Crippen LogP contribution in [0.1, 0.15) is 58.8 Å². The van der Waals surface area contributed by atoms with E-state index >= 15 is 0 Å². The van der Waals surface area contributed by atoms with Crippen molar-refractivity contribution in [3.05, 3.63) is 0 Å². The number of hydrogen-bond donors (Lipinski definition) is 2. The predicted molar refractivity (Wildman–Crippen MR) is 114 cm³/mol. The lowest BCUT2D eigenvalue weighted by Gasteiger charge is -2.32. The van der Waals surface area contributed by atoms with E-state index in [0.717, 1.165) is 57.5 Å². The standard InChI is InChI=1S/C20H37F3N4OS/c1-3-24-19(26-17-6-5-7-18(14-17)29(28)4-2)25-11-8-16-9-12-27(13-10-16)15-20(21,22)23/h16-18H,3-15H2,1-2H3,(H2,24,25,26). The average molecular weight is 439 g/mol. The van der Waals surface area contributed by atoms with Crippen molar-refractivity contribution in [2.24, 2.45) is 10.9 Å². The molecule has 170 valence electrons. The van der Waals surface area contributed by atoms with Gasteiger partial charge < -0.3 is 10.6 Å². The Kier molecular flexibility index (Phi) is 10.2. The zero-order valence-corrected chi connectivity index (χ0v) is 18.6. The summed E-state index contributed by atoms with van der Waals surface area (Å²) in [6.07, 6.45) is 2.53. The van der Waals surface area contributed by atoms with Crippen LogP contribution in [0.5, 0.6) is 0 Å². The van der Waals surface area contributed by atoms with Crippen LogP contribution in [0.15, 0.2) is 4.99 Å². The van der Waals surface area contributed by atoms with E-state index in [4.69, 9.17) is 4.99 Å². The van der Waals surface area contributed by atoms with Gasteiger partial charge in [0, 0.05) is 40.9 Å². The molecule has 3 atom stereocenters. The summed E-state index contributed by atoms with van der Waals surface area (Å²) in [5.41, 5.74) is 0. The van der Waals surface area contributed by atoms with E-state index < -0.39 is 23.5 Å². The minimum Gasteiger partial charge on any atom is -0.357 e. The second kappa shape index (κ2) is 12.1. The molecule has 0 radical (unpaired) electrons. The molecule has 0 amide bonds. The summed E-state index contributed by atoms with van der Waals surface area (Å²) in [5, 5.41) is 7.07. The number of hydrogen-bond acceptors (Lipinski definition) is 3. The van der Waals surface area contributed by atoms with Crippen molar-refractivity contribution >= 4 is 16.8 Å². The lowest BCUT2D eigenvalue weighted by atomic mass is 9.93. The lowest BCUT2D eigenvalue weighted by molar-refractivity contribution is -0.148. The Morgan fingerprint density at radius 3 is 2.52 bits per heavy atom. The number of nitrogens with zero attached hydrogens (tertiary/aromatic N) is 2. The molecular formula is C20H37F3N4OS. The maximum Gasteiger partial charge on any atom is 0.401 e. The second-order valence-electron chi connectivity index (χ2n) is 8.18. The largest absolute Gasteiger partial charge is 0.401 e. The molecule has 0 aromatic carbocycles. The van der Waals surface area contributed by atoms with Crippen molar-refractivity contribution in [1.29, 1.82) is 0 Å². The van der Waals surface area contributed by atoms with Crippen LogP contribution >= 0.6 is 0 Å². The van der Waals surface area contributed by atoms with E-state index in [1.54, 1.807) is 0 Å². The summed E-state index contributed by atoms with van der Waals surface area (Å²) < 4.78 is 49.6. The average Bonchev–Trinajstić information content (AvgIpc) is 2.68. The van der Waals surface area contributed by atoms with Crippen molar-refractivity contribution in [2.75, 3.05) is 38.5 Å². The first-order chi connectivity index (χ1) is 13.8. The fourth-order valence-electron chi connectivity index (χ4n) is 4.31. The zero-order valence-electron chi connectivity index (χ0n) is 17.8. The normalized spacial score (nSPS) is 26.3. The van der Waals surface area contributed by atoms with Crippen LogP contribution in [0.2, 0.25) is 0 Å². The molecule has 2 rings (SSSR count). The van der Waals surface area contributed by atoms with Crippen molar-refractivity contribution < 1.29 is 17.4 Å². The van der Waals surface area contributed by atoms with Gasteiger partial charge in [-0.1, -0.05) is 13.3 Å². The van der Waals surface area contributed by atoms with Gasteiger partial charge in [0.1, 0.15) is 0 Å². The third-order valence-electron chi connectivity index (χ3n) is 5.88. The molecule has 0 spiro atoms. The number of aliphatic imine (C=N–C) groups is 1. The third kappa shape index (κ3) is 9.24. The van der Waals surface area contributed by atoms with Crippen LogP contribution in [-0.2, 0) is 10.8 Å². The highest BCUT2D eigenvalue weighted by Crippen LogP contribution is 2.25. The quantitative estimate of drug-likeness (QED) is 0.451. The van der Waals surface area contributed by atoms with Gasteiger partial charge in [-0.05, 0) is 64.5 Å². The summed E-state index contributed by atoms with van der Waals surface area (Å²) >= 11 is 0. The van der Waals surface area contributed by atoms with Crippen molar-refractivity contribution in [3.63, 3.8) is 0 Å². The van der Waals surface area contributed by atoms with Gasteiger partial charge in [0.05, 0.1) is 6.54 Å². The Hall–Kier alpha value is -0.830. The highest BCUT2D eigenvalue weighted by molar-refractivity contribution is 7.85. The number of piperidine rings is 1. The molecule has 2 N–H and O–H groups in total. The van der Waals surface area contributed by atoms with Crippen LogP contribution in [0.4, 0.5) is 13.2 Å². The number of alkyl halides is 3. The van der Waals surface area contributed by atoms with Gasteiger partial charge >= 0.3 is 6.18 Å². The number of halogens is 3. The molecule has 2 aliphatic rings. The van der Waals surface area contributed by atoms with Crippen LogP contribution < -0.4 is 10.6 Å². The van der Waals surface area contributed by atoms with Crippen LogP contribution in [-0.4, -0.2) is 71.0 Å². The Morgan fingerprint density at radius 2 is 1.90 bits per heavy atom. The van der Waals surface area contributed by atoms with E-state index in [9.17, 15) is 17.4 Å². The monoisotopic (exact) mass is 438 g/mol. The van der Waals surface area contributed by atoms with E-state index in [-0.39, 0.29) is 5.25 Å². The Morgan fingerprint density at radius 1 is 1.17 bits per heavy atom. The van der Waals surface area contributed by atoms with Gasteiger partial charge in [-0.2, -0.15) is 13.2 Å². The molecular weight excluding hydrogens is 401 g/mol. The van der Waals surface area contributed by atoms with Crippen LogP contribution in [0.3, 0.4) is 0 Å². The lowest BCUT2D eigenvalue weighted by Crippen LogP contribution is -2.46. The first-order valence-electron chi connectivity index (χ1n) is 11.0. The van der Waals surface area contributed by atoms with Gasteiger partial charge in [-0.15, -0.1) is 0 Å². The summed E-state index contributed by atoms with van der Waals surface area (Å²) in [6, 6.07) is 0.299. The molecule has 0 aromatic heterocycles. The fraction of sp³-hybridized carbons (Fsp3) is 0.950. The Labute approximate surface area is 175 Å². The number of likely N-dealkylation sites (tertiary alicyclic amines) is 1. The molecule has 1 saturated carbocycles. The van der Waals surface area contributed by atoms with Crippen LogP contribution in [0.25, 0.3) is 0 Å². The van der Waals surface area contributed by atoms with Gasteiger partial charge in [0.15, 0.2) is 5.96 Å². The number of rotatable bonds is 8. The molecule has 2 fully saturated rings. The molecule has 0 aromatic rings. The zero-order chi connectivity index (χ0) is 21.3. The van der Waals surface area contributed by atoms with Gasteiger partial charge in [-0.3, -0.25) is 14.1 Å². The fourth-order valence-corrected chi connectivity index (χ4v) is 5.66. The van der Waals surface area contributed by atoms with E-state index in [2.05, 4.69) is 10.6 Å². The minimum absolute atomic E-state index is 0.274. The van der Waals surface area contributed by atoms with E-state index in [0.29, 0.717) is 37.3 Å². The second-order valence-corrected chi connectivity index (χ2v) is 10.2. The summed E-state index contributed by atoms with van der Waals surface area (Å²) in [5.74, 6) is 1.96. The molecule has 1 heterocycles. The number of nitrogens with one attached hydrogen (secondary N) is 2. The van der Waals surface area contributed by atoms with Gasteiger partial charge in [-0.25, -0.2) is 0 Å². The van der Waals surface area contributed by atoms with Gasteiger partial charge in [0.2, 0.25) is 0 Å². The third-order valence-corrected chi connectivity index (χ3v) is 7.63.